The van der Waals surface area contributed by atoms with Crippen LogP contribution in [0.25, 0.3) is 20.9 Å². The van der Waals surface area contributed by atoms with Gasteiger partial charge in [0.1, 0.15) is 13.2 Å². The zero-order chi connectivity index (χ0) is 25.4. The van der Waals surface area contributed by atoms with Crippen molar-refractivity contribution < 1.29 is 50.5 Å². The summed E-state index contributed by atoms with van der Waals surface area (Å²) < 4.78 is 94.6. The van der Waals surface area contributed by atoms with E-state index in [1.54, 1.807) is 0 Å². The Morgan fingerprint density at radius 2 is 1.37 bits per heavy atom. The molecule has 186 valence electrons. The fourth-order valence-electron chi connectivity index (χ4n) is 3.38. The lowest BCUT2D eigenvalue weighted by atomic mass is 10.1. The summed E-state index contributed by atoms with van der Waals surface area (Å²) in [5, 5.41) is 8.73. The van der Waals surface area contributed by atoms with Crippen molar-refractivity contribution in [1.29, 1.82) is 0 Å². The maximum atomic E-state index is 13.0. The zero-order valence-corrected chi connectivity index (χ0v) is 18.4. The van der Waals surface area contributed by atoms with Gasteiger partial charge in [0.2, 0.25) is 0 Å². The van der Waals surface area contributed by atoms with Crippen LogP contribution in [0.2, 0.25) is 0 Å². The number of hydrogen-bond acceptors (Lipinski definition) is 5. The van der Waals surface area contributed by atoms with Crippen molar-refractivity contribution in [2.24, 2.45) is 0 Å². The van der Waals surface area contributed by atoms with Gasteiger partial charge in [-0.1, -0.05) is 24.3 Å². The largest absolute Gasteiger partial charge is 0.484 e. The molecule has 0 amide bonds. The first kappa shape index (κ1) is 24.9. The Hall–Kier alpha value is -3.25. The van der Waals surface area contributed by atoms with Crippen LogP contribution in [0.3, 0.4) is 0 Å². The lowest BCUT2D eigenvalue weighted by Crippen LogP contribution is -2.34. The van der Waals surface area contributed by atoms with Crippen LogP contribution >= 0.6 is 11.3 Å². The van der Waals surface area contributed by atoms with Crippen molar-refractivity contribution in [2.45, 2.75) is 18.5 Å². The van der Waals surface area contributed by atoms with Gasteiger partial charge in [0.15, 0.2) is 17.6 Å². The summed E-state index contributed by atoms with van der Waals surface area (Å²) >= 11 is 1.09. The molecule has 1 aliphatic heterocycles. The minimum Gasteiger partial charge on any atom is -0.484 e. The van der Waals surface area contributed by atoms with Crippen molar-refractivity contribution in [1.82, 2.24) is 0 Å². The van der Waals surface area contributed by atoms with E-state index in [0.717, 1.165) is 35.6 Å². The van der Waals surface area contributed by atoms with Crippen LogP contribution in [0.5, 0.6) is 11.5 Å². The molecule has 4 rings (SSSR count). The lowest BCUT2D eigenvalue weighted by molar-refractivity contribution is -0.143. The smallest absolute Gasteiger partial charge is 0.416 e. The second kappa shape index (κ2) is 9.42. The molecule has 2 heterocycles. The normalized spacial score (nSPS) is 15.8. The van der Waals surface area contributed by atoms with Gasteiger partial charge in [-0.15, -0.1) is 11.3 Å². The molecule has 0 radical (unpaired) electrons. The van der Waals surface area contributed by atoms with Gasteiger partial charge in [-0.05, 0) is 35.4 Å². The van der Waals surface area contributed by atoms with E-state index in [1.807, 2.05) is 0 Å². The Labute approximate surface area is 198 Å². The summed E-state index contributed by atoms with van der Waals surface area (Å²) in [7, 11) is 0. The number of aliphatic carboxylic acids is 1. The molecule has 1 aliphatic rings. The molecule has 2 aromatic carbocycles. The third kappa shape index (κ3) is 5.54. The SMILES string of the molecule is O=C(O)COCC1COc2c(-c3ccc(C(F)(F)F)cc3)sc(-c3ccc(C(F)(F)F)cc3)c2O1. The van der Waals surface area contributed by atoms with Gasteiger partial charge in [0.25, 0.3) is 0 Å². The van der Waals surface area contributed by atoms with Crippen LogP contribution in [-0.2, 0) is 21.9 Å². The van der Waals surface area contributed by atoms with Crippen molar-refractivity contribution in [3.63, 3.8) is 0 Å². The summed E-state index contributed by atoms with van der Waals surface area (Å²) in [4.78, 5) is 11.5. The van der Waals surface area contributed by atoms with Crippen LogP contribution in [0.1, 0.15) is 11.1 Å². The molecular formula is C23H16F6O5S. The van der Waals surface area contributed by atoms with Gasteiger partial charge in [0, 0.05) is 0 Å². The van der Waals surface area contributed by atoms with Crippen LogP contribution in [0.4, 0.5) is 26.3 Å². The highest BCUT2D eigenvalue weighted by Crippen LogP contribution is 2.54. The fraction of sp³-hybridized carbons (Fsp3) is 0.261. The van der Waals surface area contributed by atoms with Crippen molar-refractivity contribution in [3.05, 3.63) is 59.7 Å². The molecule has 1 N–H and O–H groups in total. The first-order chi connectivity index (χ1) is 16.4. The molecule has 1 unspecified atom stereocenters. The molecule has 5 nitrogen and oxygen atoms in total. The van der Waals surface area contributed by atoms with E-state index in [9.17, 15) is 31.1 Å². The fourth-order valence-corrected chi connectivity index (χ4v) is 4.57. The van der Waals surface area contributed by atoms with Gasteiger partial charge < -0.3 is 19.3 Å². The van der Waals surface area contributed by atoms with E-state index in [2.05, 4.69) is 0 Å². The third-order valence-corrected chi connectivity index (χ3v) is 6.25. The summed E-state index contributed by atoms with van der Waals surface area (Å²) in [6.07, 6.45) is -9.74. The lowest BCUT2D eigenvalue weighted by Gasteiger charge is -2.26. The van der Waals surface area contributed by atoms with E-state index in [-0.39, 0.29) is 24.7 Å². The number of hydrogen-bond donors (Lipinski definition) is 1. The Morgan fingerprint density at radius 1 is 0.886 bits per heavy atom. The maximum Gasteiger partial charge on any atom is 0.416 e. The maximum absolute atomic E-state index is 13.0. The quantitative estimate of drug-likeness (QED) is 0.385. The van der Waals surface area contributed by atoms with Crippen LogP contribution < -0.4 is 9.47 Å². The Balaban J connectivity index is 1.71. The number of thiophene rings is 1. The summed E-state index contributed by atoms with van der Waals surface area (Å²) in [5.74, 6) is -0.744. The number of fused-ring (bicyclic) bond motifs is 1. The molecule has 0 saturated heterocycles. The van der Waals surface area contributed by atoms with Gasteiger partial charge in [-0.3, -0.25) is 0 Å². The number of carboxylic acid groups (broad SMARTS) is 1. The number of carboxylic acids is 1. The van der Waals surface area contributed by atoms with E-state index in [0.29, 0.717) is 20.9 Å². The molecule has 1 aromatic heterocycles. The minimum absolute atomic E-state index is 0.0244. The first-order valence-electron chi connectivity index (χ1n) is 10.0. The van der Waals surface area contributed by atoms with Crippen molar-refractivity contribution >= 4 is 17.3 Å². The monoisotopic (exact) mass is 518 g/mol. The van der Waals surface area contributed by atoms with Gasteiger partial charge >= 0.3 is 18.3 Å². The molecule has 0 fully saturated rings. The highest BCUT2D eigenvalue weighted by atomic mass is 32.1. The van der Waals surface area contributed by atoms with Gasteiger partial charge in [-0.25, -0.2) is 4.79 Å². The van der Waals surface area contributed by atoms with E-state index in [4.69, 9.17) is 19.3 Å². The molecular weight excluding hydrogens is 502 g/mol. The average molecular weight is 518 g/mol. The molecule has 0 spiro atoms. The van der Waals surface area contributed by atoms with E-state index in [1.165, 1.54) is 24.3 Å². The van der Waals surface area contributed by atoms with Gasteiger partial charge in [0.05, 0.1) is 27.5 Å². The number of halogens is 6. The average Bonchev–Trinajstić information content (AvgIpc) is 3.17. The second-order valence-electron chi connectivity index (χ2n) is 7.53. The Bertz CT molecular complexity index is 1200. The Kier molecular flexibility index (Phi) is 6.69. The van der Waals surface area contributed by atoms with Crippen LogP contribution in [0.15, 0.2) is 48.5 Å². The molecule has 0 bridgehead atoms. The molecule has 0 saturated carbocycles. The van der Waals surface area contributed by atoms with Gasteiger partial charge in [-0.2, -0.15) is 26.3 Å². The molecule has 12 heteroatoms. The zero-order valence-electron chi connectivity index (χ0n) is 17.6. The highest BCUT2D eigenvalue weighted by Gasteiger charge is 2.34. The molecule has 0 aliphatic carbocycles. The predicted octanol–water partition coefficient (Wildman–Crippen LogP) is 6.36. The molecule has 1 atom stereocenters. The first-order valence-corrected chi connectivity index (χ1v) is 10.9. The number of alkyl halides is 6. The Morgan fingerprint density at radius 3 is 1.83 bits per heavy atom. The predicted molar refractivity (Wildman–Crippen MR) is 114 cm³/mol. The van der Waals surface area contributed by atoms with Crippen molar-refractivity contribution in [3.8, 4) is 32.4 Å². The number of ether oxygens (including phenoxy) is 3. The summed E-state index contributed by atoms with van der Waals surface area (Å²) in [6.45, 7) is -0.702. The van der Waals surface area contributed by atoms with Crippen LogP contribution in [-0.4, -0.2) is 37.0 Å². The van der Waals surface area contributed by atoms with E-state index >= 15 is 0 Å². The van der Waals surface area contributed by atoms with Crippen molar-refractivity contribution in [2.75, 3.05) is 19.8 Å². The van der Waals surface area contributed by atoms with E-state index < -0.39 is 42.2 Å². The topological polar surface area (TPSA) is 65.0 Å². The minimum atomic E-state index is -4.52. The molecule has 35 heavy (non-hydrogen) atoms. The number of rotatable bonds is 6. The highest BCUT2D eigenvalue weighted by molar-refractivity contribution is 7.19. The summed E-state index contributed by atoms with van der Waals surface area (Å²) in [6, 6.07) is 8.75. The second-order valence-corrected chi connectivity index (χ2v) is 8.55. The van der Waals surface area contributed by atoms with Crippen LogP contribution in [0, 0.1) is 0 Å². The third-order valence-electron chi connectivity index (χ3n) is 5.00. The summed E-state index contributed by atoms with van der Waals surface area (Å²) in [5.41, 5.74) is -0.885. The number of carbonyl (C=O) groups is 1. The number of benzene rings is 2. The standard InChI is InChI=1S/C23H16F6O5S/c24-22(25,26)14-5-1-12(2-6-14)20-18-19(34-16(10-33-18)9-32-11-17(30)31)21(35-20)13-3-7-15(8-4-13)23(27,28)29/h1-8,16H,9-11H2,(H,30,31). The molecule has 3 aromatic rings.